The lowest BCUT2D eigenvalue weighted by Gasteiger charge is -2.02. The van der Waals surface area contributed by atoms with Gasteiger partial charge in [0.15, 0.2) is 0 Å². The van der Waals surface area contributed by atoms with E-state index < -0.39 is 0 Å². The molecule has 0 aliphatic rings. The maximum absolute atomic E-state index is 13.2. The largest absolute Gasteiger partial charge is 0.337 e. The van der Waals surface area contributed by atoms with Gasteiger partial charge in [-0.15, -0.1) is 11.3 Å². The average Bonchev–Trinajstić information content (AvgIpc) is 3.36. The van der Waals surface area contributed by atoms with Gasteiger partial charge in [-0.3, -0.25) is 9.36 Å². The Labute approximate surface area is 176 Å². The van der Waals surface area contributed by atoms with Crippen molar-refractivity contribution >= 4 is 21.6 Å². The second kappa shape index (κ2) is 7.35. The molecule has 3 heterocycles. The van der Waals surface area contributed by atoms with Crippen molar-refractivity contribution < 1.29 is 4.52 Å². The van der Waals surface area contributed by atoms with Crippen LogP contribution in [-0.2, 0) is 6.54 Å². The predicted molar refractivity (Wildman–Crippen MR) is 118 cm³/mol. The van der Waals surface area contributed by atoms with Crippen molar-refractivity contribution in [1.29, 1.82) is 0 Å². The van der Waals surface area contributed by atoms with Gasteiger partial charge in [0.1, 0.15) is 11.4 Å². The molecule has 0 bridgehead atoms. The minimum atomic E-state index is -0.106. The highest BCUT2D eigenvalue weighted by atomic mass is 32.1. The molecule has 5 aromatic rings. The smallest absolute Gasteiger partial charge is 0.262 e. The fourth-order valence-electron chi connectivity index (χ4n) is 3.42. The molecule has 2 aromatic carbocycles. The van der Waals surface area contributed by atoms with Crippen molar-refractivity contribution in [2.75, 3.05) is 0 Å². The summed E-state index contributed by atoms with van der Waals surface area (Å²) in [5.41, 5.74) is 3.96. The first-order valence-electron chi connectivity index (χ1n) is 9.54. The molecular formula is C23H18N4O2S. The van der Waals surface area contributed by atoms with Gasteiger partial charge >= 0.3 is 0 Å². The number of thiophene rings is 1. The maximum Gasteiger partial charge on any atom is 0.262 e. The van der Waals surface area contributed by atoms with E-state index >= 15 is 0 Å². The first kappa shape index (κ1) is 18.4. The van der Waals surface area contributed by atoms with Gasteiger partial charge in [-0.25, -0.2) is 4.98 Å². The average molecular weight is 414 g/mol. The Balaban J connectivity index is 1.50. The summed E-state index contributed by atoms with van der Waals surface area (Å²) in [6, 6.07) is 17.9. The van der Waals surface area contributed by atoms with Crippen LogP contribution in [-0.4, -0.2) is 19.7 Å². The van der Waals surface area contributed by atoms with Gasteiger partial charge in [0.2, 0.25) is 11.7 Å². The normalized spacial score (nSPS) is 11.3. The lowest BCUT2D eigenvalue weighted by atomic mass is 10.1. The minimum absolute atomic E-state index is 0.106. The maximum atomic E-state index is 13.2. The number of fused-ring (bicyclic) bond motifs is 1. The molecule has 0 N–H and O–H groups in total. The molecule has 5 rings (SSSR count). The van der Waals surface area contributed by atoms with E-state index in [1.807, 2.05) is 68.4 Å². The first-order valence-corrected chi connectivity index (χ1v) is 10.4. The van der Waals surface area contributed by atoms with Crippen LogP contribution in [0.25, 0.3) is 32.0 Å². The Kier molecular flexibility index (Phi) is 4.52. The highest BCUT2D eigenvalue weighted by Gasteiger charge is 2.17. The second-order valence-electron chi connectivity index (χ2n) is 7.16. The zero-order valence-electron chi connectivity index (χ0n) is 16.5. The van der Waals surface area contributed by atoms with Gasteiger partial charge in [0.05, 0.1) is 11.7 Å². The standard InChI is InChI=1S/C23H18N4O2S/c1-14-8-10-17(11-9-14)21-25-18(29-26-21)12-27-13-24-22-19(23(27)28)15(2)20(30-22)16-6-4-3-5-7-16/h3-11,13H,12H2,1-2H3. The third-order valence-electron chi connectivity index (χ3n) is 5.04. The summed E-state index contributed by atoms with van der Waals surface area (Å²) in [5, 5.41) is 4.68. The molecule has 0 fully saturated rings. The van der Waals surface area contributed by atoms with E-state index in [-0.39, 0.29) is 12.1 Å². The Morgan fingerprint density at radius 2 is 1.77 bits per heavy atom. The molecule has 0 saturated carbocycles. The van der Waals surface area contributed by atoms with Crippen LogP contribution < -0.4 is 5.56 Å². The van der Waals surface area contributed by atoms with E-state index in [0.717, 1.165) is 32.0 Å². The highest BCUT2D eigenvalue weighted by Crippen LogP contribution is 2.35. The molecular weight excluding hydrogens is 396 g/mol. The zero-order valence-corrected chi connectivity index (χ0v) is 17.3. The third kappa shape index (κ3) is 3.23. The summed E-state index contributed by atoms with van der Waals surface area (Å²) in [7, 11) is 0. The Bertz CT molecular complexity index is 1400. The molecule has 6 nitrogen and oxygen atoms in total. The SMILES string of the molecule is Cc1ccc(-c2noc(Cn3cnc4sc(-c5ccccc5)c(C)c4c3=O)n2)cc1. The molecule has 3 aromatic heterocycles. The van der Waals surface area contributed by atoms with Crippen LogP contribution in [0.1, 0.15) is 17.0 Å². The van der Waals surface area contributed by atoms with Crippen molar-refractivity contribution in [1.82, 2.24) is 19.7 Å². The van der Waals surface area contributed by atoms with E-state index in [0.29, 0.717) is 17.1 Å². The Morgan fingerprint density at radius 1 is 1.00 bits per heavy atom. The molecule has 0 spiro atoms. The van der Waals surface area contributed by atoms with Crippen LogP contribution >= 0.6 is 11.3 Å². The first-order chi connectivity index (χ1) is 14.6. The molecule has 0 amide bonds. The number of hydrogen-bond donors (Lipinski definition) is 0. The number of nitrogens with zero attached hydrogens (tertiary/aromatic N) is 4. The summed E-state index contributed by atoms with van der Waals surface area (Å²) in [5.74, 6) is 0.871. The second-order valence-corrected chi connectivity index (χ2v) is 8.16. The van der Waals surface area contributed by atoms with Gasteiger partial charge in [-0.05, 0) is 25.0 Å². The zero-order chi connectivity index (χ0) is 20.7. The molecule has 148 valence electrons. The van der Waals surface area contributed by atoms with E-state index in [1.54, 1.807) is 6.33 Å². The fourth-order valence-corrected chi connectivity index (χ4v) is 4.57. The topological polar surface area (TPSA) is 73.8 Å². The molecule has 0 aliphatic heterocycles. The van der Waals surface area contributed by atoms with Gasteiger partial charge in [0, 0.05) is 10.4 Å². The van der Waals surface area contributed by atoms with Crippen LogP contribution in [0.4, 0.5) is 0 Å². The van der Waals surface area contributed by atoms with Gasteiger partial charge in [0.25, 0.3) is 5.56 Å². The summed E-state index contributed by atoms with van der Waals surface area (Å²) < 4.78 is 6.90. The van der Waals surface area contributed by atoms with Crippen molar-refractivity contribution in [3.63, 3.8) is 0 Å². The summed E-state index contributed by atoms with van der Waals surface area (Å²) in [6.45, 7) is 4.17. The van der Waals surface area contributed by atoms with Crippen molar-refractivity contribution in [2.24, 2.45) is 0 Å². The van der Waals surface area contributed by atoms with Crippen LogP contribution in [0.5, 0.6) is 0 Å². The lowest BCUT2D eigenvalue weighted by Crippen LogP contribution is -2.21. The Morgan fingerprint density at radius 3 is 2.53 bits per heavy atom. The molecule has 0 saturated heterocycles. The van der Waals surface area contributed by atoms with Crippen LogP contribution in [0, 0.1) is 13.8 Å². The quantitative estimate of drug-likeness (QED) is 0.421. The van der Waals surface area contributed by atoms with E-state index in [4.69, 9.17) is 4.52 Å². The number of hydrogen-bond acceptors (Lipinski definition) is 6. The highest BCUT2D eigenvalue weighted by molar-refractivity contribution is 7.22. The fraction of sp³-hybridized carbons (Fsp3) is 0.130. The molecule has 0 unspecified atom stereocenters. The molecule has 30 heavy (non-hydrogen) atoms. The minimum Gasteiger partial charge on any atom is -0.337 e. The number of aryl methyl sites for hydroxylation is 2. The van der Waals surface area contributed by atoms with Gasteiger partial charge < -0.3 is 4.52 Å². The molecule has 0 atom stereocenters. The monoisotopic (exact) mass is 414 g/mol. The molecule has 7 heteroatoms. The van der Waals surface area contributed by atoms with Crippen LogP contribution in [0.2, 0.25) is 0 Å². The number of benzene rings is 2. The van der Waals surface area contributed by atoms with Crippen molar-refractivity contribution in [3.05, 3.63) is 88.3 Å². The number of rotatable bonds is 4. The lowest BCUT2D eigenvalue weighted by molar-refractivity contribution is 0.369. The predicted octanol–water partition coefficient (Wildman–Crippen LogP) is 4.84. The third-order valence-corrected chi connectivity index (χ3v) is 6.29. The van der Waals surface area contributed by atoms with Crippen LogP contribution in [0.3, 0.4) is 0 Å². The van der Waals surface area contributed by atoms with E-state index in [9.17, 15) is 4.79 Å². The van der Waals surface area contributed by atoms with Crippen molar-refractivity contribution in [3.8, 4) is 21.8 Å². The summed E-state index contributed by atoms with van der Waals surface area (Å²) in [6.07, 6.45) is 1.55. The van der Waals surface area contributed by atoms with Gasteiger partial charge in [-0.1, -0.05) is 65.3 Å². The molecule has 0 aliphatic carbocycles. The van der Waals surface area contributed by atoms with Crippen LogP contribution in [0.15, 0.2) is 70.2 Å². The number of aromatic nitrogens is 4. The Hall–Kier alpha value is -3.58. The summed E-state index contributed by atoms with van der Waals surface area (Å²) in [4.78, 5) is 23.9. The summed E-state index contributed by atoms with van der Waals surface area (Å²) >= 11 is 1.53. The van der Waals surface area contributed by atoms with E-state index in [2.05, 4.69) is 15.1 Å². The molecule has 0 radical (unpaired) electrons. The van der Waals surface area contributed by atoms with Crippen molar-refractivity contribution in [2.45, 2.75) is 20.4 Å². The van der Waals surface area contributed by atoms with E-state index in [1.165, 1.54) is 15.9 Å². The van der Waals surface area contributed by atoms with Gasteiger partial charge in [-0.2, -0.15) is 4.98 Å².